The van der Waals surface area contributed by atoms with Crippen molar-refractivity contribution in [3.63, 3.8) is 0 Å². The summed E-state index contributed by atoms with van der Waals surface area (Å²) in [4.78, 5) is 29.2. The van der Waals surface area contributed by atoms with E-state index in [0.29, 0.717) is 18.5 Å². The number of hydrogen-bond donors (Lipinski definition) is 1. The van der Waals surface area contributed by atoms with Crippen LogP contribution >= 0.6 is 0 Å². The first-order valence-electron chi connectivity index (χ1n) is 6.60. The van der Waals surface area contributed by atoms with E-state index in [1.807, 2.05) is 0 Å². The van der Waals surface area contributed by atoms with Crippen LogP contribution in [0.15, 0.2) is 30.7 Å². The maximum absolute atomic E-state index is 12.4. The molecule has 0 radical (unpaired) electrons. The Morgan fingerprint density at radius 2 is 2.20 bits per heavy atom. The van der Waals surface area contributed by atoms with E-state index in [2.05, 4.69) is 4.98 Å². The van der Waals surface area contributed by atoms with E-state index in [9.17, 15) is 9.59 Å². The number of fused-ring (bicyclic) bond motifs is 1. The number of aromatic nitrogens is 2. The zero-order chi connectivity index (χ0) is 14.1. The normalized spacial score (nSPS) is 19.2. The second kappa shape index (κ2) is 4.96. The molecule has 1 N–H and O–H groups in total. The Hall–Kier alpha value is -2.37. The molecule has 1 amide bonds. The standard InChI is InChI=1S/C14H15N3O3/c18-13(17-6-1-2-11(9-17)14(19)20)10-3-4-12-15-5-7-16(12)8-10/h3-5,7-8,11H,1-2,6,9H2,(H,19,20). The fraction of sp³-hybridized carbons (Fsp3) is 0.357. The second-order valence-corrected chi connectivity index (χ2v) is 5.04. The van der Waals surface area contributed by atoms with Crippen LogP contribution in [0.25, 0.3) is 5.65 Å². The summed E-state index contributed by atoms with van der Waals surface area (Å²) in [6, 6.07) is 3.51. The van der Waals surface area contributed by atoms with Crippen molar-refractivity contribution in [2.24, 2.45) is 5.92 Å². The number of carbonyl (C=O) groups excluding carboxylic acids is 1. The number of carboxylic acids is 1. The lowest BCUT2D eigenvalue weighted by Crippen LogP contribution is -2.42. The topological polar surface area (TPSA) is 74.9 Å². The van der Waals surface area contributed by atoms with E-state index in [1.165, 1.54) is 0 Å². The number of amides is 1. The Morgan fingerprint density at radius 1 is 1.35 bits per heavy atom. The number of carbonyl (C=O) groups is 2. The first-order chi connectivity index (χ1) is 9.65. The molecule has 0 bridgehead atoms. The summed E-state index contributed by atoms with van der Waals surface area (Å²) < 4.78 is 1.78. The maximum atomic E-state index is 12.4. The fourth-order valence-electron chi connectivity index (χ4n) is 2.59. The molecular formula is C14H15N3O3. The SMILES string of the molecule is O=C(O)C1CCCN(C(=O)c2ccc3nccn3c2)C1. The van der Waals surface area contributed by atoms with Gasteiger partial charge in [0.2, 0.25) is 0 Å². The molecule has 6 heteroatoms. The summed E-state index contributed by atoms with van der Waals surface area (Å²) >= 11 is 0. The number of piperidine rings is 1. The van der Waals surface area contributed by atoms with Gasteiger partial charge in [0.15, 0.2) is 0 Å². The zero-order valence-corrected chi connectivity index (χ0v) is 10.9. The molecule has 1 fully saturated rings. The van der Waals surface area contributed by atoms with Gasteiger partial charge < -0.3 is 14.4 Å². The Labute approximate surface area is 115 Å². The minimum Gasteiger partial charge on any atom is -0.481 e. The lowest BCUT2D eigenvalue weighted by Gasteiger charge is -2.30. The third-order valence-electron chi connectivity index (χ3n) is 3.69. The van der Waals surface area contributed by atoms with Gasteiger partial charge in [-0.25, -0.2) is 4.98 Å². The van der Waals surface area contributed by atoms with Crippen molar-refractivity contribution in [3.05, 3.63) is 36.3 Å². The van der Waals surface area contributed by atoms with Crippen molar-refractivity contribution in [1.29, 1.82) is 0 Å². The van der Waals surface area contributed by atoms with E-state index in [0.717, 1.165) is 12.1 Å². The summed E-state index contributed by atoms with van der Waals surface area (Å²) in [5.74, 6) is -1.40. The molecule has 1 aliphatic rings. The molecule has 20 heavy (non-hydrogen) atoms. The summed E-state index contributed by atoms with van der Waals surface area (Å²) in [7, 11) is 0. The molecule has 6 nitrogen and oxygen atoms in total. The summed E-state index contributed by atoms with van der Waals surface area (Å²) in [5.41, 5.74) is 1.34. The van der Waals surface area contributed by atoms with Crippen molar-refractivity contribution in [3.8, 4) is 0 Å². The number of pyridine rings is 1. The van der Waals surface area contributed by atoms with Crippen LogP contribution in [0, 0.1) is 5.92 Å². The molecule has 1 atom stereocenters. The smallest absolute Gasteiger partial charge is 0.308 e. The number of likely N-dealkylation sites (tertiary alicyclic amines) is 1. The van der Waals surface area contributed by atoms with E-state index in [-0.39, 0.29) is 12.5 Å². The van der Waals surface area contributed by atoms with Crippen molar-refractivity contribution < 1.29 is 14.7 Å². The van der Waals surface area contributed by atoms with Gasteiger partial charge in [-0.3, -0.25) is 9.59 Å². The lowest BCUT2D eigenvalue weighted by molar-refractivity contribution is -0.143. The molecular weight excluding hydrogens is 258 g/mol. The van der Waals surface area contributed by atoms with Gasteiger partial charge in [0.25, 0.3) is 5.91 Å². The molecule has 0 aliphatic carbocycles. The van der Waals surface area contributed by atoms with Gasteiger partial charge in [0, 0.05) is 31.7 Å². The Morgan fingerprint density at radius 3 is 3.00 bits per heavy atom. The molecule has 0 saturated carbocycles. The van der Waals surface area contributed by atoms with Crippen molar-refractivity contribution in [1.82, 2.24) is 14.3 Å². The fourth-order valence-corrected chi connectivity index (χ4v) is 2.59. The van der Waals surface area contributed by atoms with Crippen LogP contribution in [-0.4, -0.2) is 44.4 Å². The largest absolute Gasteiger partial charge is 0.481 e. The summed E-state index contributed by atoms with van der Waals surface area (Å²) in [5, 5.41) is 9.07. The molecule has 2 aromatic rings. The molecule has 2 aromatic heterocycles. The summed E-state index contributed by atoms with van der Waals surface area (Å²) in [6.07, 6.45) is 6.55. The van der Waals surface area contributed by atoms with Gasteiger partial charge in [-0.05, 0) is 25.0 Å². The average molecular weight is 273 g/mol. The minimum absolute atomic E-state index is 0.119. The number of rotatable bonds is 2. The second-order valence-electron chi connectivity index (χ2n) is 5.04. The van der Waals surface area contributed by atoms with Crippen LogP contribution in [0.2, 0.25) is 0 Å². The molecule has 1 unspecified atom stereocenters. The van der Waals surface area contributed by atoms with Crippen LogP contribution in [-0.2, 0) is 4.79 Å². The zero-order valence-electron chi connectivity index (χ0n) is 10.9. The predicted molar refractivity (Wildman–Crippen MR) is 71.5 cm³/mol. The first-order valence-corrected chi connectivity index (χ1v) is 6.60. The lowest BCUT2D eigenvalue weighted by atomic mass is 9.98. The molecule has 1 saturated heterocycles. The van der Waals surface area contributed by atoms with Gasteiger partial charge in [0.05, 0.1) is 11.5 Å². The van der Waals surface area contributed by atoms with Crippen LogP contribution in [0.1, 0.15) is 23.2 Å². The van der Waals surface area contributed by atoms with E-state index < -0.39 is 11.9 Å². The highest BCUT2D eigenvalue weighted by atomic mass is 16.4. The van der Waals surface area contributed by atoms with Gasteiger partial charge >= 0.3 is 5.97 Å². The van der Waals surface area contributed by atoms with Crippen molar-refractivity contribution in [2.45, 2.75) is 12.8 Å². The number of imidazole rings is 1. The van der Waals surface area contributed by atoms with Crippen molar-refractivity contribution in [2.75, 3.05) is 13.1 Å². The Bertz CT molecular complexity index is 664. The Kier molecular flexibility index (Phi) is 3.14. The Balaban J connectivity index is 1.82. The highest BCUT2D eigenvalue weighted by molar-refractivity contribution is 5.94. The summed E-state index contributed by atoms with van der Waals surface area (Å²) in [6.45, 7) is 0.903. The first kappa shape index (κ1) is 12.7. The molecule has 3 rings (SSSR count). The van der Waals surface area contributed by atoms with E-state index in [1.54, 1.807) is 40.0 Å². The number of carboxylic acid groups (broad SMARTS) is 1. The monoisotopic (exact) mass is 273 g/mol. The van der Waals surface area contributed by atoms with Crippen molar-refractivity contribution >= 4 is 17.5 Å². The van der Waals surface area contributed by atoms with Gasteiger partial charge in [-0.1, -0.05) is 0 Å². The average Bonchev–Trinajstić information content (AvgIpc) is 2.94. The van der Waals surface area contributed by atoms with Crippen LogP contribution in [0.5, 0.6) is 0 Å². The quantitative estimate of drug-likeness (QED) is 0.894. The molecule has 0 spiro atoms. The minimum atomic E-state index is -0.826. The number of aliphatic carboxylic acids is 1. The molecule has 1 aliphatic heterocycles. The predicted octanol–water partition coefficient (Wildman–Crippen LogP) is 1.27. The van der Waals surface area contributed by atoms with Gasteiger partial charge in [0.1, 0.15) is 5.65 Å². The molecule has 104 valence electrons. The van der Waals surface area contributed by atoms with E-state index >= 15 is 0 Å². The highest BCUT2D eigenvalue weighted by Crippen LogP contribution is 2.19. The molecule has 3 heterocycles. The third-order valence-corrected chi connectivity index (χ3v) is 3.69. The third kappa shape index (κ3) is 2.24. The maximum Gasteiger partial charge on any atom is 0.308 e. The molecule has 0 aromatic carbocycles. The number of hydrogen-bond acceptors (Lipinski definition) is 3. The van der Waals surface area contributed by atoms with Crippen LogP contribution in [0.3, 0.4) is 0 Å². The van der Waals surface area contributed by atoms with Crippen LogP contribution in [0.4, 0.5) is 0 Å². The highest BCUT2D eigenvalue weighted by Gasteiger charge is 2.28. The van der Waals surface area contributed by atoms with Crippen LogP contribution < -0.4 is 0 Å². The van der Waals surface area contributed by atoms with Gasteiger partial charge in [-0.15, -0.1) is 0 Å². The van der Waals surface area contributed by atoms with Gasteiger partial charge in [-0.2, -0.15) is 0 Å². The van der Waals surface area contributed by atoms with E-state index in [4.69, 9.17) is 5.11 Å². The number of nitrogens with zero attached hydrogens (tertiary/aromatic N) is 3.